The molecule has 0 atom stereocenters. The molecule has 29 heavy (non-hydrogen) atoms. The van der Waals surface area contributed by atoms with Gasteiger partial charge in [-0.15, -0.1) is 12.4 Å². The normalized spacial score (nSPS) is 13.2. The predicted molar refractivity (Wildman–Crippen MR) is 113 cm³/mol. The molecule has 1 aliphatic rings. The van der Waals surface area contributed by atoms with Crippen molar-refractivity contribution in [3.63, 3.8) is 0 Å². The van der Waals surface area contributed by atoms with E-state index in [2.05, 4.69) is 10.2 Å². The van der Waals surface area contributed by atoms with Crippen molar-refractivity contribution in [3.8, 4) is 5.75 Å². The van der Waals surface area contributed by atoms with Crippen LogP contribution in [0.5, 0.6) is 5.75 Å². The Bertz CT molecular complexity index is 810. The van der Waals surface area contributed by atoms with Crippen LogP contribution in [0.15, 0.2) is 48.5 Å². The lowest BCUT2D eigenvalue weighted by molar-refractivity contribution is -0.118. The quantitative estimate of drug-likeness (QED) is 0.693. The minimum Gasteiger partial charge on any atom is -0.484 e. The SMILES string of the molecule is CCOC(=O)c1cc(NC(=O)COc2ccccc2)ccc1N1CCOCC1.Cl. The van der Waals surface area contributed by atoms with Crippen LogP contribution in [0.25, 0.3) is 0 Å². The fourth-order valence-corrected chi connectivity index (χ4v) is 2.93. The molecule has 1 amide bonds. The molecule has 3 rings (SSSR count). The fraction of sp³-hybridized carbons (Fsp3) is 0.333. The Morgan fingerprint density at radius 1 is 1.10 bits per heavy atom. The van der Waals surface area contributed by atoms with Gasteiger partial charge in [0.05, 0.1) is 31.1 Å². The molecule has 0 aliphatic carbocycles. The third kappa shape index (κ3) is 6.37. The Morgan fingerprint density at radius 2 is 1.83 bits per heavy atom. The number of hydrogen-bond donors (Lipinski definition) is 1. The first-order valence-electron chi connectivity index (χ1n) is 9.29. The molecule has 8 heteroatoms. The summed E-state index contributed by atoms with van der Waals surface area (Å²) in [5.74, 6) is -0.106. The summed E-state index contributed by atoms with van der Waals surface area (Å²) >= 11 is 0. The Kier molecular flexibility index (Phi) is 8.76. The number of halogens is 1. The van der Waals surface area contributed by atoms with Gasteiger partial charge in [-0.2, -0.15) is 0 Å². The standard InChI is InChI=1S/C21H24N2O5.ClH/c1-2-27-21(25)18-14-16(8-9-19(18)23-10-12-26-13-11-23)22-20(24)15-28-17-6-4-3-5-7-17;/h3-9,14H,2,10-13,15H2,1H3,(H,22,24);1H. The molecule has 2 aromatic carbocycles. The van der Waals surface area contributed by atoms with Crippen molar-refractivity contribution in [3.05, 3.63) is 54.1 Å². The lowest BCUT2D eigenvalue weighted by Crippen LogP contribution is -2.37. The van der Waals surface area contributed by atoms with Crippen molar-refractivity contribution in [2.24, 2.45) is 0 Å². The molecule has 2 aromatic rings. The minimum absolute atomic E-state index is 0. The van der Waals surface area contributed by atoms with Gasteiger partial charge >= 0.3 is 5.97 Å². The highest BCUT2D eigenvalue weighted by molar-refractivity contribution is 5.99. The van der Waals surface area contributed by atoms with Crippen LogP contribution in [0.4, 0.5) is 11.4 Å². The van der Waals surface area contributed by atoms with Gasteiger partial charge in [0.1, 0.15) is 5.75 Å². The van der Waals surface area contributed by atoms with E-state index in [1.807, 2.05) is 24.3 Å². The Labute approximate surface area is 176 Å². The lowest BCUT2D eigenvalue weighted by atomic mass is 10.1. The van der Waals surface area contributed by atoms with Gasteiger partial charge in [-0.1, -0.05) is 18.2 Å². The molecule has 1 heterocycles. The van der Waals surface area contributed by atoms with Crippen LogP contribution in [-0.2, 0) is 14.3 Å². The number of morpholine rings is 1. The highest BCUT2D eigenvalue weighted by Crippen LogP contribution is 2.26. The topological polar surface area (TPSA) is 77.1 Å². The first-order chi connectivity index (χ1) is 13.7. The van der Waals surface area contributed by atoms with Gasteiger partial charge in [0.2, 0.25) is 0 Å². The number of nitrogens with one attached hydrogen (secondary N) is 1. The third-order valence-corrected chi connectivity index (χ3v) is 4.24. The van der Waals surface area contributed by atoms with Gasteiger partial charge in [-0.25, -0.2) is 4.79 Å². The van der Waals surface area contributed by atoms with E-state index in [1.54, 1.807) is 31.2 Å². The first kappa shape index (κ1) is 22.5. The van der Waals surface area contributed by atoms with Crippen molar-refractivity contribution in [2.75, 3.05) is 49.7 Å². The smallest absolute Gasteiger partial charge is 0.340 e. The second-order valence-electron chi connectivity index (χ2n) is 6.20. The number of para-hydroxylation sites is 1. The van der Waals surface area contributed by atoms with Crippen molar-refractivity contribution >= 4 is 35.7 Å². The van der Waals surface area contributed by atoms with Crippen molar-refractivity contribution in [1.82, 2.24) is 0 Å². The van der Waals surface area contributed by atoms with Gasteiger partial charge in [-0.3, -0.25) is 4.79 Å². The molecule has 0 spiro atoms. The summed E-state index contributed by atoms with van der Waals surface area (Å²) in [5.41, 5.74) is 1.72. The molecule has 0 unspecified atom stereocenters. The molecule has 1 saturated heterocycles. The molecule has 1 fully saturated rings. The van der Waals surface area contributed by atoms with E-state index in [4.69, 9.17) is 14.2 Å². The van der Waals surface area contributed by atoms with Crippen molar-refractivity contribution < 1.29 is 23.8 Å². The van der Waals surface area contributed by atoms with Crippen molar-refractivity contribution in [1.29, 1.82) is 0 Å². The Hall–Kier alpha value is -2.77. The lowest BCUT2D eigenvalue weighted by Gasteiger charge is -2.30. The molecule has 1 N–H and O–H groups in total. The summed E-state index contributed by atoms with van der Waals surface area (Å²) in [7, 11) is 0. The maximum atomic E-state index is 12.4. The molecule has 7 nitrogen and oxygen atoms in total. The van der Waals surface area contributed by atoms with Gasteiger partial charge in [0.15, 0.2) is 6.61 Å². The summed E-state index contributed by atoms with van der Waals surface area (Å²) < 4.78 is 16.0. The number of nitrogens with zero attached hydrogens (tertiary/aromatic N) is 1. The fourth-order valence-electron chi connectivity index (χ4n) is 2.93. The number of carbonyl (C=O) groups is 2. The van der Waals surface area contributed by atoms with Crippen LogP contribution in [0.2, 0.25) is 0 Å². The van der Waals surface area contributed by atoms with Gasteiger partial charge in [0.25, 0.3) is 5.91 Å². The summed E-state index contributed by atoms with van der Waals surface area (Å²) in [6.45, 7) is 4.53. The molecule has 0 bridgehead atoms. The second-order valence-corrected chi connectivity index (χ2v) is 6.20. The molecule has 0 saturated carbocycles. The number of rotatable bonds is 7. The van der Waals surface area contributed by atoms with Crippen LogP contribution in [0, 0.1) is 0 Å². The molecule has 0 radical (unpaired) electrons. The second kappa shape index (κ2) is 11.3. The Morgan fingerprint density at radius 3 is 2.52 bits per heavy atom. The zero-order chi connectivity index (χ0) is 19.8. The van der Waals surface area contributed by atoms with Crippen LogP contribution in [-0.4, -0.2) is 51.4 Å². The minimum atomic E-state index is -0.416. The van der Waals surface area contributed by atoms with E-state index in [1.165, 1.54) is 0 Å². The predicted octanol–water partition coefficient (Wildman–Crippen LogP) is 3.14. The zero-order valence-corrected chi connectivity index (χ0v) is 17.1. The average molecular weight is 421 g/mol. The number of esters is 1. The van der Waals surface area contributed by atoms with Crippen LogP contribution in [0.3, 0.4) is 0 Å². The highest BCUT2D eigenvalue weighted by Gasteiger charge is 2.20. The third-order valence-electron chi connectivity index (χ3n) is 4.24. The number of benzene rings is 2. The molecule has 156 valence electrons. The van der Waals surface area contributed by atoms with Crippen LogP contribution < -0.4 is 15.0 Å². The number of amides is 1. The summed E-state index contributed by atoms with van der Waals surface area (Å²) in [4.78, 5) is 26.7. The maximum Gasteiger partial charge on any atom is 0.340 e. The van der Waals surface area contributed by atoms with Crippen LogP contribution in [0.1, 0.15) is 17.3 Å². The summed E-state index contributed by atoms with van der Waals surface area (Å²) in [6, 6.07) is 14.3. The monoisotopic (exact) mass is 420 g/mol. The van der Waals surface area contributed by atoms with E-state index in [0.717, 1.165) is 5.69 Å². The maximum absolute atomic E-state index is 12.4. The molecular weight excluding hydrogens is 396 g/mol. The largest absolute Gasteiger partial charge is 0.484 e. The van der Waals surface area contributed by atoms with Gasteiger partial charge in [0, 0.05) is 18.8 Å². The van der Waals surface area contributed by atoms with E-state index in [9.17, 15) is 9.59 Å². The molecular formula is C21H25ClN2O5. The average Bonchev–Trinajstić information content (AvgIpc) is 2.74. The summed E-state index contributed by atoms with van der Waals surface area (Å²) in [6.07, 6.45) is 0. The number of ether oxygens (including phenoxy) is 3. The Balaban J connectivity index is 0.00000300. The van der Waals surface area contributed by atoms with E-state index in [-0.39, 0.29) is 31.5 Å². The molecule has 0 aromatic heterocycles. The van der Waals surface area contributed by atoms with E-state index >= 15 is 0 Å². The summed E-state index contributed by atoms with van der Waals surface area (Å²) in [5, 5.41) is 2.76. The number of hydrogen-bond acceptors (Lipinski definition) is 6. The number of anilines is 2. The number of carbonyl (C=O) groups excluding carboxylic acids is 2. The van der Waals surface area contributed by atoms with E-state index in [0.29, 0.717) is 43.3 Å². The van der Waals surface area contributed by atoms with Gasteiger partial charge in [-0.05, 0) is 37.3 Å². The first-order valence-corrected chi connectivity index (χ1v) is 9.29. The van der Waals surface area contributed by atoms with Crippen molar-refractivity contribution in [2.45, 2.75) is 6.92 Å². The van der Waals surface area contributed by atoms with Gasteiger partial charge < -0.3 is 24.4 Å². The highest BCUT2D eigenvalue weighted by atomic mass is 35.5. The zero-order valence-electron chi connectivity index (χ0n) is 16.3. The molecule has 1 aliphatic heterocycles. The van der Waals surface area contributed by atoms with E-state index < -0.39 is 5.97 Å². The van der Waals surface area contributed by atoms with Crippen LogP contribution >= 0.6 is 12.4 Å².